The molecule has 0 aliphatic carbocycles. The van der Waals surface area contributed by atoms with E-state index in [1.165, 1.54) is 39.9 Å². The summed E-state index contributed by atoms with van der Waals surface area (Å²) in [7, 11) is -3.69. The summed E-state index contributed by atoms with van der Waals surface area (Å²) in [5.41, 5.74) is 1.16. The van der Waals surface area contributed by atoms with Crippen molar-refractivity contribution in [2.24, 2.45) is 4.99 Å². The van der Waals surface area contributed by atoms with E-state index in [-0.39, 0.29) is 37.0 Å². The largest absolute Gasteiger partial charge is 0.454 e. The van der Waals surface area contributed by atoms with E-state index in [0.717, 1.165) is 10.2 Å². The number of rotatable bonds is 5. The SMILES string of the molecule is C=CCn1c(=NC(=O)c2ccc(S(=O)(=O)N3CC(C)OC(C)C3)cc2)sc2cc3c(cc21)OCO3. The predicted molar refractivity (Wildman–Crippen MR) is 131 cm³/mol. The topological polar surface area (TPSA) is 99.4 Å². The molecule has 9 nitrogen and oxygen atoms in total. The number of morpholine rings is 1. The fourth-order valence-corrected chi connectivity index (χ4v) is 6.89. The van der Waals surface area contributed by atoms with Crippen molar-refractivity contribution in [3.05, 3.63) is 59.4 Å². The summed E-state index contributed by atoms with van der Waals surface area (Å²) in [6, 6.07) is 9.63. The number of carbonyl (C=O) groups is 1. The van der Waals surface area contributed by atoms with E-state index in [1.54, 1.807) is 6.08 Å². The maximum Gasteiger partial charge on any atom is 0.279 e. The van der Waals surface area contributed by atoms with Crippen LogP contribution in [0.15, 0.2) is 58.9 Å². The number of amides is 1. The first-order valence-corrected chi connectivity index (χ1v) is 13.4. The van der Waals surface area contributed by atoms with Gasteiger partial charge in [-0.3, -0.25) is 4.79 Å². The van der Waals surface area contributed by atoms with Gasteiger partial charge in [0.05, 0.1) is 27.3 Å². The number of aromatic nitrogens is 1. The molecule has 2 aromatic carbocycles. The molecule has 0 spiro atoms. The highest BCUT2D eigenvalue weighted by atomic mass is 32.2. The number of hydrogen-bond donors (Lipinski definition) is 0. The van der Waals surface area contributed by atoms with Crippen molar-refractivity contribution in [1.82, 2.24) is 8.87 Å². The average Bonchev–Trinajstić information content (AvgIpc) is 3.41. The minimum absolute atomic E-state index is 0.133. The number of sulfonamides is 1. The second kappa shape index (κ2) is 9.23. The molecule has 2 aliphatic heterocycles. The van der Waals surface area contributed by atoms with Gasteiger partial charge in [0.1, 0.15) is 0 Å². The Bertz CT molecular complexity index is 1460. The lowest BCUT2D eigenvalue weighted by Gasteiger charge is -2.34. The van der Waals surface area contributed by atoms with Gasteiger partial charge < -0.3 is 18.8 Å². The van der Waals surface area contributed by atoms with Crippen molar-refractivity contribution in [3.63, 3.8) is 0 Å². The number of carbonyl (C=O) groups excluding carboxylic acids is 1. The first kappa shape index (κ1) is 23.7. The summed E-state index contributed by atoms with van der Waals surface area (Å²) < 4.78 is 46.9. The van der Waals surface area contributed by atoms with Gasteiger partial charge in [-0.1, -0.05) is 17.4 Å². The van der Waals surface area contributed by atoms with E-state index in [1.807, 2.05) is 30.5 Å². The molecule has 3 heterocycles. The summed E-state index contributed by atoms with van der Waals surface area (Å²) >= 11 is 1.36. The number of nitrogens with zero attached hydrogens (tertiary/aromatic N) is 3. The second-order valence-electron chi connectivity index (χ2n) is 8.48. The minimum Gasteiger partial charge on any atom is -0.454 e. The zero-order valence-electron chi connectivity index (χ0n) is 19.3. The second-order valence-corrected chi connectivity index (χ2v) is 11.4. The predicted octanol–water partition coefficient (Wildman–Crippen LogP) is 3.16. The van der Waals surface area contributed by atoms with E-state index in [0.29, 0.717) is 28.4 Å². The molecule has 2 aliphatic rings. The zero-order chi connectivity index (χ0) is 24.7. The maximum absolute atomic E-state index is 13.1. The summed E-state index contributed by atoms with van der Waals surface area (Å²) in [5.74, 6) is 0.835. The van der Waals surface area contributed by atoms with Gasteiger partial charge in [-0.2, -0.15) is 9.30 Å². The van der Waals surface area contributed by atoms with Crippen LogP contribution in [0, 0.1) is 0 Å². The normalized spacial score (nSPS) is 20.9. The zero-order valence-corrected chi connectivity index (χ0v) is 21.0. The fraction of sp³-hybridized carbons (Fsp3) is 0.333. The van der Waals surface area contributed by atoms with Gasteiger partial charge in [-0.05, 0) is 38.1 Å². The lowest BCUT2D eigenvalue weighted by molar-refractivity contribution is -0.0440. The molecule has 0 saturated carbocycles. The monoisotopic (exact) mass is 515 g/mol. The minimum atomic E-state index is -3.69. The Morgan fingerprint density at radius 2 is 1.80 bits per heavy atom. The number of ether oxygens (including phenoxy) is 3. The van der Waals surface area contributed by atoms with Gasteiger partial charge in [-0.15, -0.1) is 6.58 Å². The highest BCUT2D eigenvalue weighted by Gasteiger charge is 2.32. The van der Waals surface area contributed by atoms with Crippen LogP contribution in [0.5, 0.6) is 11.5 Å². The number of allylic oxidation sites excluding steroid dienone is 1. The molecule has 35 heavy (non-hydrogen) atoms. The molecule has 1 saturated heterocycles. The van der Waals surface area contributed by atoms with Crippen LogP contribution in [0.25, 0.3) is 10.2 Å². The van der Waals surface area contributed by atoms with Crippen LogP contribution in [0.3, 0.4) is 0 Å². The first-order valence-electron chi connectivity index (χ1n) is 11.1. The van der Waals surface area contributed by atoms with Crippen molar-refractivity contribution < 1.29 is 27.4 Å². The third kappa shape index (κ3) is 4.52. The number of thiazole rings is 1. The molecule has 184 valence electrons. The van der Waals surface area contributed by atoms with Gasteiger partial charge in [0.15, 0.2) is 16.3 Å². The van der Waals surface area contributed by atoms with Gasteiger partial charge in [0.25, 0.3) is 5.91 Å². The van der Waals surface area contributed by atoms with E-state index < -0.39 is 15.9 Å². The molecule has 2 unspecified atom stereocenters. The van der Waals surface area contributed by atoms with Crippen molar-refractivity contribution >= 4 is 37.5 Å². The third-order valence-electron chi connectivity index (χ3n) is 5.81. The number of hydrogen-bond acceptors (Lipinski definition) is 7. The Morgan fingerprint density at radius 1 is 1.14 bits per heavy atom. The Labute approximate surface area is 206 Å². The van der Waals surface area contributed by atoms with Crippen LogP contribution in [-0.4, -0.2) is 55.3 Å². The average molecular weight is 516 g/mol. The smallest absolute Gasteiger partial charge is 0.279 e. The van der Waals surface area contributed by atoms with Crippen molar-refractivity contribution in [2.75, 3.05) is 19.9 Å². The molecule has 1 amide bonds. The number of benzene rings is 2. The van der Waals surface area contributed by atoms with Crippen LogP contribution in [-0.2, 0) is 21.3 Å². The first-order chi connectivity index (χ1) is 16.8. The van der Waals surface area contributed by atoms with Gasteiger partial charge >= 0.3 is 0 Å². The molecular formula is C24H25N3O6S2. The van der Waals surface area contributed by atoms with E-state index in [2.05, 4.69) is 11.6 Å². The van der Waals surface area contributed by atoms with Crippen LogP contribution in [0.2, 0.25) is 0 Å². The lowest BCUT2D eigenvalue weighted by atomic mass is 10.2. The van der Waals surface area contributed by atoms with E-state index in [4.69, 9.17) is 14.2 Å². The fourth-order valence-electron chi connectivity index (χ4n) is 4.25. The van der Waals surface area contributed by atoms with Crippen LogP contribution >= 0.6 is 11.3 Å². The van der Waals surface area contributed by atoms with Crippen molar-refractivity contribution in [3.8, 4) is 11.5 Å². The van der Waals surface area contributed by atoms with Gasteiger partial charge in [0, 0.05) is 37.3 Å². The van der Waals surface area contributed by atoms with E-state index in [9.17, 15) is 13.2 Å². The van der Waals surface area contributed by atoms with Crippen molar-refractivity contribution in [2.45, 2.75) is 37.5 Å². The molecular weight excluding hydrogens is 490 g/mol. The van der Waals surface area contributed by atoms with Gasteiger partial charge in [-0.25, -0.2) is 8.42 Å². The maximum atomic E-state index is 13.1. The Balaban J connectivity index is 1.45. The highest BCUT2D eigenvalue weighted by molar-refractivity contribution is 7.89. The molecule has 0 N–H and O–H groups in total. The Kier molecular flexibility index (Phi) is 6.26. The number of fused-ring (bicyclic) bond motifs is 2. The summed E-state index contributed by atoms with van der Waals surface area (Å²) in [6.45, 7) is 8.72. The van der Waals surface area contributed by atoms with E-state index >= 15 is 0 Å². The summed E-state index contributed by atoms with van der Waals surface area (Å²) in [6.07, 6.45) is 1.36. The quantitative estimate of drug-likeness (QED) is 0.484. The van der Waals surface area contributed by atoms with Crippen LogP contribution < -0.4 is 14.3 Å². The Morgan fingerprint density at radius 3 is 2.46 bits per heavy atom. The Hall–Kier alpha value is -2.99. The molecule has 0 bridgehead atoms. The van der Waals surface area contributed by atoms with Gasteiger partial charge in [0.2, 0.25) is 16.8 Å². The highest BCUT2D eigenvalue weighted by Crippen LogP contribution is 2.37. The molecule has 1 aromatic heterocycles. The third-order valence-corrected chi connectivity index (χ3v) is 8.70. The molecule has 0 radical (unpaired) electrons. The summed E-state index contributed by atoms with van der Waals surface area (Å²) in [4.78, 5) is 17.9. The molecule has 1 fully saturated rings. The molecule has 3 aromatic rings. The molecule has 11 heteroatoms. The van der Waals surface area contributed by atoms with Crippen molar-refractivity contribution in [1.29, 1.82) is 0 Å². The summed E-state index contributed by atoms with van der Waals surface area (Å²) in [5, 5.41) is 0. The lowest BCUT2D eigenvalue weighted by Crippen LogP contribution is -2.48. The van der Waals surface area contributed by atoms with Crippen LogP contribution in [0.4, 0.5) is 0 Å². The molecule has 2 atom stereocenters. The standard InChI is InChI=1S/C24H25N3O6S2/c1-4-9-27-19-10-20-21(32-14-31-20)11-22(19)34-24(27)25-23(28)17-5-7-18(8-6-17)35(29,30)26-12-15(2)33-16(3)13-26/h4-8,10-11,15-16H,1,9,12-14H2,2-3H3. The molecule has 5 rings (SSSR count). The van der Waals surface area contributed by atoms with Crippen LogP contribution in [0.1, 0.15) is 24.2 Å².